The smallest absolute Gasteiger partial charge is 0.367 e. The molecule has 6 heteroatoms. The molecule has 0 amide bonds. The number of alkyl halides is 4. The fourth-order valence-corrected chi connectivity index (χ4v) is 1.80. The summed E-state index contributed by atoms with van der Waals surface area (Å²) in [5, 5.41) is 2.63. The van der Waals surface area contributed by atoms with Crippen molar-refractivity contribution in [1.82, 2.24) is 4.98 Å². The first-order valence-corrected chi connectivity index (χ1v) is 5.67. The van der Waals surface area contributed by atoms with Crippen molar-refractivity contribution < 1.29 is 13.2 Å². The van der Waals surface area contributed by atoms with Crippen molar-refractivity contribution in [2.45, 2.75) is 37.9 Å². The summed E-state index contributed by atoms with van der Waals surface area (Å²) >= 11 is 5.79. The zero-order valence-corrected chi connectivity index (χ0v) is 10.3. The van der Waals surface area contributed by atoms with Crippen LogP contribution in [0.5, 0.6) is 0 Å². The summed E-state index contributed by atoms with van der Waals surface area (Å²) in [5.41, 5.74) is -0.755. The molecule has 17 heavy (non-hydrogen) atoms. The van der Waals surface area contributed by atoms with Crippen molar-refractivity contribution in [2.75, 3.05) is 5.32 Å². The molecule has 0 spiro atoms. The summed E-state index contributed by atoms with van der Waals surface area (Å²) in [5.74, 6) is -0.148. The Kier molecular flexibility index (Phi) is 4.62. The molecule has 0 aliphatic heterocycles. The Balaban J connectivity index is 2.84. The van der Waals surface area contributed by atoms with E-state index in [9.17, 15) is 13.2 Å². The molecule has 1 aromatic heterocycles. The lowest BCUT2D eigenvalue weighted by Gasteiger charge is -2.18. The number of aromatic nitrogens is 1. The molecule has 2 atom stereocenters. The molecule has 2 nitrogen and oxygen atoms in total. The Morgan fingerprint density at radius 3 is 2.59 bits per heavy atom. The second kappa shape index (κ2) is 5.58. The maximum Gasteiger partial charge on any atom is 0.419 e. The van der Waals surface area contributed by atoms with Gasteiger partial charge < -0.3 is 5.32 Å². The average Bonchev–Trinajstić information content (AvgIpc) is 2.15. The molecule has 1 aromatic rings. The van der Waals surface area contributed by atoms with Crippen molar-refractivity contribution in [3.8, 4) is 0 Å². The number of anilines is 1. The van der Waals surface area contributed by atoms with Gasteiger partial charge in [-0.15, -0.1) is 11.6 Å². The van der Waals surface area contributed by atoms with Crippen LogP contribution in [0, 0.1) is 0 Å². The molecule has 0 bridgehead atoms. The first-order valence-electron chi connectivity index (χ1n) is 5.23. The Hall–Kier alpha value is -0.970. The molecule has 0 aliphatic rings. The summed E-state index contributed by atoms with van der Waals surface area (Å²) in [4.78, 5) is 3.72. The number of rotatable bonds is 4. The van der Waals surface area contributed by atoms with Crippen molar-refractivity contribution in [2.24, 2.45) is 0 Å². The van der Waals surface area contributed by atoms with Gasteiger partial charge in [-0.25, -0.2) is 4.98 Å². The predicted molar refractivity (Wildman–Crippen MR) is 62.3 cm³/mol. The maximum absolute atomic E-state index is 12.7. The van der Waals surface area contributed by atoms with Crippen LogP contribution in [-0.2, 0) is 6.18 Å². The van der Waals surface area contributed by atoms with E-state index < -0.39 is 11.7 Å². The number of hydrogen-bond acceptors (Lipinski definition) is 2. The summed E-state index contributed by atoms with van der Waals surface area (Å²) in [7, 11) is 0. The van der Waals surface area contributed by atoms with Crippen LogP contribution in [0.2, 0.25) is 0 Å². The molecule has 0 saturated heterocycles. The highest BCUT2D eigenvalue weighted by atomic mass is 35.5. The van der Waals surface area contributed by atoms with Crippen molar-refractivity contribution >= 4 is 17.4 Å². The summed E-state index contributed by atoms with van der Waals surface area (Å²) < 4.78 is 38.0. The van der Waals surface area contributed by atoms with E-state index in [4.69, 9.17) is 11.6 Å². The van der Waals surface area contributed by atoms with Crippen LogP contribution in [0.15, 0.2) is 18.3 Å². The van der Waals surface area contributed by atoms with Crippen LogP contribution in [-0.4, -0.2) is 16.4 Å². The van der Waals surface area contributed by atoms with Crippen LogP contribution >= 0.6 is 11.6 Å². The Morgan fingerprint density at radius 1 is 1.41 bits per heavy atom. The zero-order chi connectivity index (χ0) is 13.1. The van der Waals surface area contributed by atoms with Gasteiger partial charge in [-0.05, 0) is 32.4 Å². The third-order valence-electron chi connectivity index (χ3n) is 2.17. The molecule has 1 N–H and O–H groups in total. The average molecular weight is 267 g/mol. The lowest BCUT2D eigenvalue weighted by Crippen LogP contribution is -2.22. The minimum atomic E-state index is -4.40. The highest BCUT2D eigenvalue weighted by Gasteiger charge is 2.34. The molecule has 96 valence electrons. The molecule has 0 saturated carbocycles. The predicted octanol–water partition coefficient (Wildman–Crippen LogP) is 3.92. The van der Waals surface area contributed by atoms with Gasteiger partial charge in [0.1, 0.15) is 5.82 Å². The molecule has 0 fully saturated rings. The van der Waals surface area contributed by atoms with E-state index in [1.807, 2.05) is 0 Å². The molecule has 0 aromatic carbocycles. The third-order valence-corrected chi connectivity index (χ3v) is 2.35. The number of nitrogens with one attached hydrogen (secondary N) is 1. The minimum Gasteiger partial charge on any atom is -0.367 e. The standard InChI is InChI=1S/C11H14ClF3N2/c1-7(12)6-8(2)17-10-9(11(13,14)15)4-3-5-16-10/h3-5,7-8H,6H2,1-2H3,(H,16,17). The first-order chi connectivity index (χ1) is 7.80. The maximum atomic E-state index is 12.7. The van der Waals surface area contributed by atoms with E-state index in [0.717, 1.165) is 6.07 Å². The second-order valence-electron chi connectivity index (χ2n) is 3.96. The number of halogens is 4. The van der Waals surface area contributed by atoms with Gasteiger partial charge in [0.25, 0.3) is 0 Å². The van der Waals surface area contributed by atoms with E-state index in [0.29, 0.717) is 6.42 Å². The molecular formula is C11H14ClF3N2. The highest BCUT2D eigenvalue weighted by molar-refractivity contribution is 6.20. The molecule has 1 rings (SSSR count). The fourth-order valence-electron chi connectivity index (χ4n) is 1.53. The summed E-state index contributed by atoms with van der Waals surface area (Å²) in [6.07, 6.45) is -2.51. The van der Waals surface area contributed by atoms with E-state index in [2.05, 4.69) is 10.3 Å². The SMILES string of the molecule is CC(Cl)CC(C)Nc1ncccc1C(F)(F)F. The fraction of sp³-hybridized carbons (Fsp3) is 0.545. The molecule has 2 unspecified atom stereocenters. The molecule has 1 heterocycles. The van der Waals surface area contributed by atoms with Gasteiger partial charge in [0, 0.05) is 17.6 Å². The molecule has 0 aliphatic carbocycles. The van der Waals surface area contributed by atoms with Gasteiger partial charge in [-0.3, -0.25) is 0 Å². The van der Waals surface area contributed by atoms with E-state index >= 15 is 0 Å². The number of nitrogens with zero attached hydrogens (tertiary/aromatic N) is 1. The van der Waals surface area contributed by atoms with Crippen molar-refractivity contribution in [1.29, 1.82) is 0 Å². The first kappa shape index (κ1) is 14.1. The van der Waals surface area contributed by atoms with Crippen molar-refractivity contribution in [3.05, 3.63) is 23.9 Å². The van der Waals surface area contributed by atoms with Gasteiger partial charge in [0.15, 0.2) is 0 Å². The second-order valence-corrected chi connectivity index (χ2v) is 4.70. The lowest BCUT2D eigenvalue weighted by molar-refractivity contribution is -0.137. The topological polar surface area (TPSA) is 24.9 Å². The van der Waals surface area contributed by atoms with Gasteiger partial charge in [0.2, 0.25) is 0 Å². The molecular weight excluding hydrogens is 253 g/mol. The van der Waals surface area contributed by atoms with Gasteiger partial charge in [0.05, 0.1) is 5.56 Å². The van der Waals surface area contributed by atoms with Crippen LogP contribution in [0.4, 0.5) is 19.0 Å². The quantitative estimate of drug-likeness (QED) is 0.836. The van der Waals surface area contributed by atoms with Crippen LogP contribution in [0.3, 0.4) is 0 Å². The minimum absolute atomic E-state index is 0.101. The summed E-state index contributed by atoms with van der Waals surface area (Å²) in [6, 6.07) is 2.10. The molecule has 0 radical (unpaired) electrons. The zero-order valence-electron chi connectivity index (χ0n) is 9.55. The highest BCUT2D eigenvalue weighted by Crippen LogP contribution is 2.33. The van der Waals surface area contributed by atoms with Gasteiger partial charge >= 0.3 is 6.18 Å². The number of pyridine rings is 1. The summed E-state index contributed by atoms with van der Waals surface area (Å²) in [6.45, 7) is 3.57. The van der Waals surface area contributed by atoms with E-state index in [-0.39, 0.29) is 17.2 Å². The van der Waals surface area contributed by atoms with Crippen LogP contribution < -0.4 is 5.32 Å². The third kappa shape index (κ3) is 4.42. The monoisotopic (exact) mass is 266 g/mol. The van der Waals surface area contributed by atoms with Crippen molar-refractivity contribution in [3.63, 3.8) is 0 Å². The van der Waals surface area contributed by atoms with E-state index in [1.54, 1.807) is 13.8 Å². The largest absolute Gasteiger partial charge is 0.419 e. The van der Waals surface area contributed by atoms with Gasteiger partial charge in [-0.2, -0.15) is 13.2 Å². The number of hydrogen-bond donors (Lipinski definition) is 1. The Morgan fingerprint density at radius 2 is 2.06 bits per heavy atom. The Labute approximate surface area is 103 Å². The van der Waals surface area contributed by atoms with E-state index in [1.165, 1.54) is 12.3 Å². The lowest BCUT2D eigenvalue weighted by atomic mass is 10.1. The van der Waals surface area contributed by atoms with Crippen LogP contribution in [0.25, 0.3) is 0 Å². The van der Waals surface area contributed by atoms with Crippen LogP contribution in [0.1, 0.15) is 25.8 Å². The Bertz CT molecular complexity index is 366. The van der Waals surface area contributed by atoms with Gasteiger partial charge in [-0.1, -0.05) is 0 Å². The normalized spacial score (nSPS) is 15.4.